The second-order valence-corrected chi connectivity index (χ2v) is 5.59. The van der Waals surface area contributed by atoms with Gasteiger partial charge in [0, 0.05) is 26.3 Å². The summed E-state index contributed by atoms with van der Waals surface area (Å²) in [6.45, 7) is -2.20. The maximum Gasteiger partial charge on any atom is 0.317 e. The number of carboxylic acids is 2. The van der Waals surface area contributed by atoms with Crippen LogP contribution in [0.1, 0.15) is 12.8 Å². The van der Waals surface area contributed by atoms with Gasteiger partial charge < -0.3 is 31.9 Å². The van der Waals surface area contributed by atoms with Crippen molar-refractivity contribution >= 4 is 23.8 Å². The number of rotatable bonds is 15. The number of nitrogens with two attached hydrogens (primary N) is 2. The van der Waals surface area contributed by atoms with Gasteiger partial charge in [-0.05, 0) is 12.8 Å². The molecule has 0 aromatic carbocycles. The molecular weight excluding hydrogens is 352 g/mol. The molecule has 0 aliphatic heterocycles. The molecule has 2 atom stereocenters. The highest BCUT2D eigenvalue weighted by Gasteiger charge is 2.29. The zero-order valence-electron chi connectivity index (χ0n) is 14.3. The quantitative estimate of drug-likeness (QED) is 0.164. The van der Waals surface area contributed by atoms with Crippen LogP contribution in [0.25, 0.3) is 0 Å². The molecule has 0 spiro atoms. The number of aliphatic carboxylic acids is 2. The molecule has 150 valence electrons. The molecule has 0 aliphatic rings. The van der Waals surface area contributed by atoms with E-state index in [1.54, 1.807) is 0 Å². The van der Waals surface area contributed by atoms with Crippen molar-refractivity contribution in [2.24, 2.45) is 11.5 Å². The molecule has 0 bridgehead atoms. The lowest BCUT2D eigenvalue weighted by molar-refractivity contribution is -0.143. The molecule has 0 aliphatic carbocycles. The van der Waals surface area contributed by atoms with Gasteiger partial charge in [0.2, 0.25) is 11.8 Å². The van der Waals surface area contributed by atoms with Gasteiger partial charge in [-0.1, -0.05) is 0 Å². The number of aliphatic hydroxyl groups excluding tert-OH is 2. The average Bonchev–Trinajstić information content (AvgIpc) is 2.51. The lowest BCUT2D eigenvalue weighted by atomic mass is 10.1. The third-order valence-corrected chi connectivity index (χ3v) is 3.69. The van der Waals surface area contributed by atoms with Crippen molar-refractivity contribution in [1.29, 1.82) is 0 Å². The first-order chi connectivity index (χ1) is 12.1. The molecule has 0 heterocycles. The summed E-state index contributed by atoms with van der Waals surface area (Å²) in [6, 6.07) is -2.15. The fourth-order valence-electron chi connectivity index (χ4n) is 2.55. The highest BCUT2D eigenvalue weighted by molar-refractivity contribution is 5.81. The largest absolute Gasteiger partial charge is 0.480 e. The lowest BCUT2D eigenvalue weighted by Gasteiger charge is -2.32. The summed E-state index contributed by atoms with van der Waals surface area (Å²) >= 11 is 0. The molecule has 2 amide bonds. The predicted molar refractivity (Wildman–Crippen MR) is 87.8 cm³/mol. The summed E-state index contributed by atoms with van der Waals surface area (Å²) < 4.78 is 0. The van der Waals surface area contributed by atoms with Crippen molar-refractivity contribution < 1.29 is 39.6 Å². The molecular formula is C14H26N4O8. The van der Waals surface area contributed by atoms with Crippen LogP contribution < -0.4 is 11.5 Å². The minimum Gasteiger partial charge on any atom is -0.480 e. The first-order valence-electron chi connectivity index (χ1n) is 7.86. The van der Waals surface area contributed by atoms with Gasteiger partial charge in [0.05, 0.1) is 25.2 Å². The lowest BCUT2D eigenvalue weighted by Crippen LogP contribution is -2.53. The van der Waals surface area contributed by atoms with Crippen molar-refractivity contribution in [3.8, 4) is 0 Å². The van der Waals surface area contributed by atoms with Crippen LogP contribution in [0.3, 0.4) is 0 Å². The van der Waals surface area contributed by atoms with Crippen LogP contribution in [-0.2, 0) is 19.2 Å². The monoisotopic (exact) mass is 378 g/mol. The number of amides is 2. The zero-order chi connectivity index (χ0) is 20.3. The third kappa shape index (κ3) is 8.71. The van der Waals surface area contributed by atoms with Crippen molar-refractivity contribution in [3.05, 3.63) is 0 Å². The Hall–Kier alpha value is -2.28. The van der Waals surface area contributed by atoms with Gasteiger partial charge in [0.1, 0.15) is 0 Å². The Bertz CT molecular complexity index is 457. The van der Waals surface area contributed by atoms with E-state index in [0.717, 1.165) is 0 Å². The number of hydrogen-bond donors (Lipinski definition) is 6. The Labute approximate surface area is 150 Å². The standard InChI is InChI=1S/C14H26N4O8/c15-13(25)9(1-5-19)17(7-11(21)22)3-4-18(8-12(23)24)10(2-6-20)14(16)26/h9-10,19-20H,1-8H2,(H2,15,25)(H2,16,26)(H,21,22)(H,23,24). The van der Waals surface area contributed by atoms with Crippen molar-refractivity contribution in [2.45, 2.75) is 24.9 Å². The van der Waals surface area contributed by atoms with Gasteiger partial charge in [-0.15, -0.1) is 0 Å². The first kappa shape index (κ1) is 23.7. The Morgan fingerprint density at radius 2 is 1.04 bits per heavy atom. The zero-order valence-corrected chi connectivity index (χ0v) is 14.3. The van der Waals surface area contributed by atoms with Crippen molar-refractivity contribution in [3.63, 3.8) is 0 Å². The van der Waals surface area contributed by atoms with E-state index < -0.39 is 62.1 Å². The highest BCUT2D eigenvalue weighted by atomic mass is 16.4. The Morgan fingerprint density at radius 1 is 0.731 bits per heavy atom. The normalized spacial score (nSPS) is 13.5. The summed E-state index contributed by atoms with van der Waals surface area (Å²) in [5.41, 5.74) is 10.5. The van der Waals surface area contributed by atoms with Crippen molar-refractivity contribution in [1.82, 2.24) is 9.80 Å². The summed E-state index contributed by atoms with van der Waals surface area (Å²) in [4.78, 5) is 47.5. The Kier molecular flexibility index (Phi) is 11.1. The van der Waals surface area contributed by atoms with Gasteiger partial charge in [0.15, 0.2) is 0 Å². The predicted octanol–water partition coefficient (Wildman–Crippen LogP) is -3.77. The first-order valence-corrected chi connectivity index (χ1v) is 7.86. The van der Waals surface area contributed by atoms with Gasteiger partial charge >= 0.3 is 11.9 Å². The number of carbonyl (C=O) groups is 4. The fourth-order valence-corrected chi connectivity index (χ4v) is 2.55. The molecule has 0 radical (unpaired) electrons. The minimum atomic E-state index is -1.25. The average molecular weight is 378 g/mol. The van der Waals surface area contributed by atoms with Crippen LogP contribution in [-0.4, -0.2) is 105 Å². The molecule has 0 aromatic rings. The number of aliphatic hydroxyl groups is 2. The van der Waals surface area contributed by atoms with Crippen LogP contribution in [0.5, 0.6) is 0 Å². The topological polar surface area (TPSA) is 208 Å². The van der Waals surface area contributed by atoms with Crippen LogP contribution in [0.2, 0.25) is 0 Å². The SMILES string of the molecule is NC(=O)C(CCO)N(CCN(CC(=O)O)C(CCO)C(N)=O)CC(=O)O. The second-order valence-electron chi connectivity index (χ2n) is 5.59. The van der Waals surface area contributed by atoms with E-state index in [1.165, 1.54) is 9.80 Å². The van der Waals surface area contributed by atoms with E-state index >= 15 is 0 Å². The van der Waals surface area contributed by atoms with Crippen LogP contribution >= 0.6 is 0 Å². The second kappa shape index (κ2) is 12.1. The Morgan fingerprint density at radius 3 is 1.23 bits per heavy atom. The van der Waals surface area contributed by atoms with E-state index in [1.807, 2.05) is 0 Å². The molecule has 0 saturated heterocycles. The third-order valence-electron chi connectivity index (χ3n) is 3.69. The molecule has 0 saturated carbocycles. The number of carboxylic acid groups (broad SMARTS) is 2. The van der Waals surface area contributed by atoms with Gasteiger partial charge in [-0.2, -0.15) is 0 Å². The van der Waals surface area contributed by atoms with E-state index in [4.69, 9.17) is 31.9 Å². The number of nitrogens with zero attached hydrogens (tertiary/aromatic N) is 2. The minimum absolute atomic E-state index is 0.0998. The van der Waals surface area contributed by atoms with Crippen molar-refractivity contribution in [2.75, 3.05) is 39.4 Å². The fraction of sp³-hybridized carbons (Fsp3) is 0.714. The van der Waals surface area contributed by atoms with E-state index in [9.17, 15) is 19.2 Å². The Balaban J connectivity index is 5.35. The maximum absolute atomic E-state index is 11.5. The van der Waals surface area contributed by atoms with Crippen LogP contribution in [0.4, 0.5) is 0 Å². The van der Waals surface area contributed by atoms with Gasteiger partial charge in [0.25, 0.3) is 0 Å². The van der Waals surface area contributed by atoms with E-state index in [2.05, 4.69) is 0 Å². The summed E-state index contributed by atoms with van der Waals surface area (Å²) in [6.07, 6.45) is -0.200. The van der Waals surface area contributed by atoms with Crippen LogP contribution in [0, 0.1) is 0 Å². The van der Waals surface area contributed by atoms with E-state index in [-0.39, 0.29) is 25.9 Å². The van der Waals surface area contributed by atoms with Gasteiger partial charge in [-0.25, -0.2) is 0 Å². The van der Waals surface area contributed by atoms with Gasteiger partial charge in [-0.3, -0.25) is 29.0 Å². The molecule has 0 rings (SSSR count). The highest BCUT2D eigenvalue weighted by Crippen LogP contribution is 2.08. The molecule has 2 unspecified atom stereocenters. The molecule has 26 heavy (non-hydrogen) atoms. The molecule has 0 fully saturated rings. The molecule has 8 N–H and O–H groups in total. The summed E-state index contributed by atoms with van der Waals surface area (Å²) in [7, 11) is 0. The molecule has 12 heteroatoms. The summed E-state index contributed by atoms with van der Waals surface area (Å²) in [5.74, 6) is -4.18. The molecule has 12 nitrogen and oxygen atoms in total. The summed E-state index contributed by atoms with van der Waals surface area (Å²) in [5, 5.41) is 36.1. The van der Waals surface area contributed by atoms with E-state index in [0.29, 0.717) is 0 Å². The van der Waals surface area contributed by atoms with Crippen LogP contribution in [0.15, 0.2) is 0 Å². The number of carbonyl (C=O) groups excluding carboxylic acids is 2. The molecule has 0 aromatic heterocycles. The number of primary amides is 2. The maximum atomic E-state index is 11.5. The smallest absolute Gasteiger partial charge is 0.317 e. The number of hydrogen-bond acceptors (Lipinski definition) is 8.